The Morgan fingerprint density at radius 2 is 1.67 bits per heavy atom. The van der Waals surface area contributed by atoms with Crippen LogP contribution in [0.4, 0.5) is 11.6 Å². The SMILES string of the molecule is C=CC(=O)Nc1cccc(-n2c(NC(=O)c3ccc(OCc4ccccc4)cc3)nc3cc(CN[C@@H](C)C(C)(C)C)ccc32)c1. The maximum atomic E-state index is 13.5. The van der Waals surface area contributed by atoms with Gasteiger partial charge < -0.3 is 15.4 Å². The first kappa shape index (κ1) is 31.2. The monoisotopic (exact) mass is 601 g/mol. The van der Waals surface area contributed by atoms with E-state index in [1.807, 2.05) is 65.2 Å². The number of carbonyl (C=O) groups excluding carboxylic acids is 2. The lowest BCUT2D eigenvalue weighted by Crippen LogP contribution is -2.37. The van der Waals surface area contributed by atoms with Crippen LogP contribution >= 0.6 is 0 Å². The molecule has 230 valence electrons. The molecule has 8 nitrogen and oxygen atoms in total. The molecule has 0 fully saturated rings. The fourth-order valence-electron chi connectivity index (χ4n) is 4.69. The van der Waals surface area contributed by atoms with E-state index in [0.29, 0.717) is 42.1 Å². The van der Waals surface area contributed by atoms with Gasteiger partial charge in [0.15, 0.2) is 0 Å². The molecule has 3 N–H and O–H groups in total. The lowest BCUT2D eigenvalue weighted by molar-refractivity contribution is -0.111. The third-order valence-electron chi connectivity index (χ3n) is 7.78. The molecule has 0 radical (unpaired) electrons. The van der Waals surface area contributed by atoms with E-state index in [1.165, 1.54) is 6.08 Å². The highest BCUT2D eigenvalue weighted by Gasteiger charge is 2.20. The molecular weight excluding hydrogens is 562 g/mol. The van der Waals surface area contributed by atoms with Gasteiger partial charge in [-0.1, -0.05) is 69.8 Å². The molecule has 1 aromatic heterocycles. The fraction of sp³-hybridized carbons (Fsp3) is 0.216. The average Bonchev–Trinajstić information content (AvgIpc) is 3.39. The van der Waals surface area contributed by atoms with Gasteiger partial charge in [0.05, 0.1) is 16.7 Å². The Bertz CT molecular complexity index is 1800. The molecular formula is C37H39N5O3. The summed E-state index contributed by atoms with van der Waals surface area (Å²) in [7, 11) is 0. The van der Waals surface area contributed by atoms with E-state index < -0.39 is 0 Å². The molecule has 0 aliphatic rings. The molecule has 0 unspecified atom stereocenters. The zero-order chi connectivity index (χ0) is 32.0. The molecule has 2 amide bonds. The number of imidazole rings is 1. The summed E-state index contributed by atoms with van der Waals surface area (Å²) in [6.07, 6.45) is 1.22. The Morgan fingerprint density at radius 3 is 2.38 bits per heavy atom. The highest BCUT2D eigenvalue weighted by atomic mass is 16.5. The van der Waals surface area contributed by atoms with Crippen LogP contribution in [-0.4, -0.2) is 27.4 Å². The third-order valence-corrected chi connectivity index (χ3v) is 7.78. The summed E-state index contributed by atoms with van der Waals surface area (Å²) < 4.78 is 7.76. The smallest absolute Gasteiger partial charge is 0.257 e. The Morgan fingerprint density at radius 1 is 0.911 bits per heavy atom. The third kappa shape index (κ3) is 7.85. The molecule has 5 rings (SSSR count). The van der Waals surface area contributed by atoms with Crippen LogP contribution in [0.5, 0.6) is 5.75 Å². The minimum Gasteiger partial charge on any atom is -0.489 e. The predicted octanol–water partition coefficient (Wildman–Crippen LogP) is 7.51. The summed E-state index contributed by atoms with van der Waals surface area (Å²) in [4.78, 5) is 30.3. The van der Waals surface area contributed by atoms with Crippen molar-refractivity contribution in [1.82, 2.24) is 14.9 Å². The largest absolute Gasteiger partial charge is 0.489 e. The van der Waals surface area contributed by atoms with Crippen LogP contribution in [0.1, 0.15) is 49.2 Å². The summed E-state index contributed by atoms with van der Waals surface area (Å²) in [5, 5.41) is 9.41. The summed E-state index contributed by atoms with van der Waals surface area (Å²) in [6, 6.07) is 30.7. The maximum Gasteiger partial charge on any atom is 0.257 e. The second-order valence-electron chi connectivity index (χ2n) is 12.1. The number of nitrogens with one attached hydrogen (secondary N) is 3. The molecule has 5 aromatic rings. The van der Waals surface area contributed by atoms with E-state index in [4.69, 9.17) is 9.72 Å². The average molecular weight is 602 g/mol. The van der Waals surface area contributed by atoms with Crippen molar-refractivity contribution in [2.45, 2.75) is 46.9 Å². The maximum absolute atomic E-state index is 13.5. The van der Waals surface area contributed by atoms with Gasteiger partial charge in [0.2, 0.25) is 11.9 Å². The quantitative estimate of drug-likeness (QED) is 0.136. The number of carbonyl (C=O) groups is 2. The van der Waals surface area contributed by atoms with Gasteiger partial charge in [-0.2, -0.15) is 0 Å². The highest BCUT2D eigenvalue weighted by molar-refractivity contribution is 6.04. The molecule has 0 saturated carbocycles. The minimum atomic E-state index is -0.311. The molecule has 1 heterocycles. The molecule has 0 aliphatic heterocycles. The summed E-state index contributed by atoms with van der Waals surface area (Å²) in [5.74, 6) is 0.412. The normalized spacial score (nSPS) is 12.0. The van der Waals surface area contributed by atoms with Crippen molar-refractivity contribution in [3.05, 3.63) is 126 Å². The van der Waals surface area contributed by atoms with Crippen molar-refractivity contribution < 1.29 is 14.3 Å². The van der Waals surface area contributed by atoms with Crippen LogP contribution in [-0.2, 0) is 17.9 Å². The number of benzene rings is 4. The van der Waals surface area contributed by atoms with E-state index in [1.54, 1.807) is 30.3 Å². The van der Waals surface area contributed by atoms with Crippen molar-refractivity contribution in [3.63, 3.8) is 0 Å². The predicted molar refractivity (Wildman–Crippen MR) is 181 cm³/mol. The first-order chi connectivity index (χ1) is 21.6. The van der Waals surface area contributed by atoms with Crippen LogP contribution in [0.3, 0.4) is 0 Å². The summed E-state index contributed by atoms with van der Waals surface area (Å²) in [6.45, 7) is 13.5. The number of hydrogen-bond donors (Lipinski definition) is 3. The minimum absolute atomic E-state index is 0.126. The number of hydrogen-bond acceptors (Lipinski definition) is 5. The van der Waals surface area contributed by atoms with Crippen LogP contribution < -0.4 is 20.7 Å². The van der Waals surface area contributed by atoms with E-state index >= 15 is 0 Å². The van der Waals surface area contributed by atoms with Crippen molar-refractivity contribution >= 4 is 34.5 Å². The van der Waals surface area contributed by atoms with Gasteiger partial charge in [-0.05, 0) is 84.1 Å². The molecule has 0 saturated heterocycles. The Labute approximate surface area is 264 Å². The van der Waals surface area contributed by atoms with E-state index in [2.05, 4.69) is 56.3 Å². The van der Waals surface area contributed by atoms with Gasteiger partial charge in [-0.25, -0.2) is 4.98 Å². The molecule has 4 aromatic carbocycles. The molecule has 45 heavy (non-hydrogen) atoms. The number of ether oxygens (including phenoxy) is 1. The first-order valence-corrected chi connectivity index (χ1v) is 15.0. The molecule has 1 atom stereocenters. The standard InChI is InChI=1S/C37H39N5O3/c1-6-34(43)39-29-13-10-14-30(22-29)42-33-20-15-27(23-38-25(2)37(3,4)5)21-32(33)40-36(42)41-35(44)28-16-18-31(19-17-28)45-24-26-11-8-7-9-12-26/h6-22,25,38H,1,23-24H2,2-5H3,(H,39,43)(H,40,41,44)/t25-/m0/s1. The second kappa shape index (κ2) is 13.6. The lowest BCUT2D eigenvalue weighted by atomic mass is 9.88. The Kier molecular flexibility index (Phi) is 9.45. The van der Waals surface area contributed by atoms with Gasteiger partial charge >= 0.3 is 0 Å². The topological polar surface area (TPSA) is 97.3 Å². The zero-order valence-electron chi connectivity index (χ0n) is 26.1. The number of nitrogens with zero attached hydrogens (tertiary/aromatic N) is 2. The molecule has 0 bridgehead atoms. The van der Waals surface area contributed by atoms with Gasteiger partial charge in [0.1, 0.15) is 12.4 Å². The number of rotatable bonds is 11. The number of amides is 2. The summed E-state index contributed by atoms with van der Waals surface area (Å²) in [5.41, 5.74) is 5.61. The van der Waals surface area contributed by atoms with E-state index in [9.17, 15) is 9.59 Å². The van der Waals surface area contributed by atoms with Gasteiger partial charge in [-0.15, -0.1) is 0 Å². The van der Waals surface area contributed by atoms with Crippen LogP contribution in [0.2, 0.25) is 0 Å². The van der Waals surface area contributed by atoms with Crippen molar-refractivity contribution in [2.24, 2.45) is 5.41 Å². The number of fused-ring (bicyclic) bond motifs is 1. The van der Waals surface area contributed by atoms with Crippen LogP contribution in [0.15, 0.2) is 110 Å². The molecule has 0 spiro atoms. The number of aromatic nitrogens is 2. The molecule has 8 heteroatoms. The zero-order valence-corrected chi connectivity index (χ0v) is 26.1. The Balaban J connectivity index is 1.42. The first-order valence-electron chi connectivity index (χ1n) is 15.0. The van der Waals surface area contributed by atoms with E-state index in [0.717, 1.165) is 27.8 Å². The van der Waals surface area contributed by atoms with Crippen LogP contribution in [0, 0.1) is 5.41 Å². The molecule has 0 aliphatic carbocycles. The fourth-order valence-corrected chi connectivity index (χ4v) is 4.69. The van der Waals surface area contributed by atoms with E-state index in [-0.39, 0.29) is 17.2 Å². The highest BCUT2D eigenvalue weighted by Crippen LogP contribution is 2.28. The Hall–Kier alpha value is -5.21. The lowest BCUT2D eigenvalue weighted by Gasteiger charge is -2.28. The van der Waals surface area contributed by atoms with Gasteiger partial charge in [0.25, 0.3) is 5.91 Å². The van der Waals surface area contributed by atoms with Crippen molar-refractivity contribution in [1.29, 1.82) is 0 Å². The van der Waals surface area contributed by atoms with Crippen molar-refractivity contribution in [2.75, 3.05) is 10.6 Å². The van der Waals surface area contributed by atoms with Gasteiger partial charge in [-0.3, -0.25) is 19.5 Å². The summed E-state index contributed by atoms with van der Waals surface area (Å²) >= 11 is 0. The second-order valence-corrected chi connectivity index (χ2v) is 12.1. The van der Waals surface area contributed by atoms with Crippen LogP contribution in [0.25, 0.3) is 16.7 Å². The van der Waals surface area contributed by atoms with Crippen molar-refractivity contribution in [3.8, 4) is 11.4 Å². The van der Waals surface area contributed by atoms with Gasteiger partial charge in [0, 0.05) is 23.8 Å². The number of anilines is 2.